The Morgan fingerprint density at radius 2 is 0.982 bits per heavy atom. The van der Waals surface area contributed by atoms with Gasteiger partial charge in [0, 0.05) is 53.2 Å². The van der Waals surface area contributed by atoms with Gasteiger partial charge in [-0.1, -0.05) is 158 Å². The van der Waals surface area contributed by atoms with Crippen molar-refractivity contribution in [3.63, 3.8) is 0 Å². The van der Waals surface area contributed by atoms with Gasteiger partial charge in [-0.15, -0.1) is 11.3 Å². The van der Waals surface area contributed by atoms with Gasteiger partial charge in [-0.3, -0.25) is 0 Å². The topological polar surface area (TPSA) is 56.5 Å². The van der Waals surface area contributed by atoms with Crippen LogP contribution < -0.4 is 0 Å². The highest BCUT2D eigenvalue weighted by Crippen LogP contribution is 2.43. The Balaban J connectivity index is 1.10. The van der Waals surface area contributed by atoms with Crippen LogP contribution in [0.5, 0.6) is 0 Å². The Kier molecular flexibility index (Phi) is 7.60. The molecular formula is C50H31N5S. The van der Waals surface area contributed by atoms with Crippen LogP contribution in [-0.4, -0.2) is 24.7 Å². The average Bonchev–Trinajstić information content (AvgIpc) is 3.87. The van der Waals surface area contributed by atoms with E-state index >= 15 is 0 Å². The van der Waals surface area contributed by atoms with Gasteiger partial charge in [0.2, 0.25) is 0 Å². The molecule has 0 amide bonds. The van der Waals surface area contributed by atoms with E-state index in [0.29, 0.717) is 17.5 Å². The molecule has 0 aliphatic rings. The molecule has 0 unspecified atom stereocenters. The molecule has 0 spiro atoms. The normalized spacial score (nSPS) is 11.6. The third-order valence-electron chi connectivity index (χ3n) is 10.5. The fraction of sp³-hybridized carbons (Fsp3) is 0. The van der Waals surface area contributed by atoms with Gasteiger partial charge < -0.3 is 0 Å². The van der Waals surface area contributed by atoms with Crippen LogP contribution in [0.3, 0.4) is 0 Å². The molecule has 3 aromatic heterocycles. The average molecular weight is 734 g/mol. The summed E-state index contributed by atoms with van der Waals surface area (Å²) in [5.74, 6) is 1.91. The van der Waals surface area contributed by atoms with E-state index < -0.39 is 0 Å². The van der Waals surface area contributed by atoms with Crippen molar-refractivity contribution in [1.82, 2.24) is 24.7 Å². The molecule has 5 nitrogen and oxygen atoms in total. The monoisotopic (exact) mass is 733 g/mol. The molecule has 0 saturated carbocycles. The van der Waals surface area contributed by atoms with E-state index in [9.17, 15) is 0 Å². The van der Waals surface area contributed by atoms with Crippen LogP contribution in [0, 0.1) is 0 Å². The summed E-state index contributed by atoms with van der Waals surface area (Å²) in [5.41, 5.74) is 9.15. The first-order valence-corrected chi connectivity index (χ1v) is 19.5. The molecule has 0 fully saturated rings. The first-order valence-electron chi connectivity index (χ1n) is 18.7. The third-order valence-corrected chi connectivity index (χ3v) is 11.7. The number of rotatable bonds is 6. The minimum absolute atomic E-state index is 0.620. The molecule has 11 rings (SSSR count). The number of hydrogen-bond acceptors (Lipinski definition) is 5. The van der Waals surface area contributed by atoms with Gasteiger partial charge in [0.05, 0.1) is 11.2 Å². The highest BCUT2D eigenvalue weighted by molar-refractivity contribution is 7.26. The maximum Gasteiger partial charge on any atom is 0.165 e. The molecule has 0 radical (unpaired) electrons. The van der Waals surface area contributed by atoms with Crippen LogP contribution in [0.2, 0.25) is 0 Å². The van der Waals surface area contributed by atoms with Crippen LogP contribution in [0.15, 0.2) is 188 Å². The second kappa shape index (κ2) is 13.2. The standard InChI is InChI=1S/C50H31N5S/c1-4-15-32(16-5-1)42-31-36-19-10-11-22-38(36)46-44(42)45(54-55(46)37-20-8-3-9-21-37)33-27-29-35(30-28-33)49-51-48(34-17-6-2-7-18-34)52-50(53-49)41-25-14-24-40-39-23-12-13-26-43(39)56-47(40)41/h1-31H. The second-order valence-electron chi connectivity index (χ2n) is 13.9. The Morgan fingerprint density at radius 1 is 0.411 bits per heavy atom. The number of fused-ring (bicyclic) bond motifs is 6. The van der Waals surface area contributed by atoms with Gasteiger partial charge in [-0.05, 0) is 46.8 Å². The Hall–Kier alpha value is -7.28. The van der Waals surface area contributed by atoms with Gasteiger partial charge in [0.1, 0.15) is 5.69 Å². The Bertz CT molecular complexity index is 3230. The predicted molar refractivity (Wildman–Crippen MR) is 232 cm³/mol. The molecule has 11 aromatic rings. The highest BCUT2D eigenvalue weighted by atomic mass is 32.1. The molecule has 8 aromatic carbocycles. The van der Waals surface area contributed by atoms with Gasteiger partial charge in [-0.2, -0.15) is 5.10 Å². The van der Waals surface area contributed by atoms with Crippen molar-refractivity contribution in [2.24, 2.45) is 0 Å². The summed E-state index contributed by atoms with van der Waals surface area (Å²) in [6, 6.07) is 65.5. The Labute approximate surface area is 326 Å². The molecule has 0 atom stereocenters. The molecule has 0 aliphatic heterocycles. The van der Waals surface area contributed by atoms with E-state index in [1.807, 2.05) is 36.4 Å². The number of hydrogen-bond donors (Lipinski definition) is 0. The van der Waals surface area contributed by atoms with Crippen molar-refractivity contribution in [2.75, 3.05) is 0 Å². The lowest BCUT2D eigenvalue weighted by Gasteiger charge is -2.11. The van der Waals surface area contributed by atoms with E-state index in [4.69, 9.17) is 20.1 Å². The second-order valence-corrected chi connectivity index (χ2v) is 14.9. The van der Waals surface area contributed by atoms with Crippen LogP contribution >= 0.6 is 11.3 Å². The van der Waals surface area contributed by atoms with Crippen LogP contribution in [-0.2, 0) is 0 Å². The zero-order chi connectivity index (χ0) is 37.0. The van der Waals surface area contributed by atoms with E-state index in [1.165, 1.54) is 25.6 Å². The third kappa shape index (κ3) is 5.38. The van der Waals surface area contributed by atoms with Crippen molar-refractivity contribution in [1.29, 1.82) is 0 Å². The van der Waals surface area contributed by atoms with Gasteiger partial charge >= 0.3 is 0 Å². The largest absolute Gasteiger partial charge is 0.232 e. The van der Waals surface area contributed by atoms with Crippen LogP contribution in [0.4, 0.5) is 0 Å². The molecule has 0 N–H and O–H groups in total. The number of aromatic nitrogens is 5. The van der Waals surface area contributed by atoms with Crippen LogP contribution in [0.1, 0.15) is 0 Å². The molecule has 0 bridgehead atoms. The molecule has 6 heteroatoms. The number of thiophene rings is 1. The van der Waals surface area contributed by atoms with Gasteiger partial charge in [-0.25, -0.2) is 19.6 Å². The highest BCUT2D eigenvalue weighted by Gasteiger charge is 2.22. The molecular weight excluding hydrogens is 703 g/mol. The maximum absolute atomic E-state index is 5.40. The van der Waals surface area contributed by atoms with Crippen molar-refractivity contribution in [3.8, 4) is 62.2 Å². The summed E-state index contributed by atoms with van der Waals surface area (Å²) >= 11 is 1.78. The number of para-hydroxylation sites is 1. The van der Waals surface area contributed by atoms with Crippen molar-refractivity contribution in [2.45, 2.75) is 0 Å². The summed E-state index contributed by atoms with van der Waals surface area (Å²) in [7, 11) is 0. The van der Waals surface area contributed by atoms with E-state index in [-0.39, 0.29) is 0 Å². The number of benzene rings is 8. The minimum atomic E-state index is 0.620. The lowest BCUT2D eigenvalue weighted by molar-refractivity contribution is 0.918. The molecule has 3 heterocycles. The first-order chi connectivity index (χ1) is 27.8. The fourth-order valence-electron chi connectivity index (χ4n) is 7.83. The van der Waals surface area contributed by atoms with Crippen molar-refractivity contribution < 1.29 is 0 Å². The van der Waals surface area contributed by atoms with Gasteiger partial charge in [0.25, 0.3) is 0 Å². The Morgan fingerprint density at radius 3 is 1.73 bits per heavy atom. The summed E-state index contributed by atoms with van der Waals surface area (Å²) < 4.78 is 4.52. The SMILES string of the molecule is c1ccc(-c2nc(-c3ccc(-c4nn(-c5ccccc5)c5c4c(-c4ccccc4)cc4ccccc45)cc3)nc(-c3cccc4c3sc3ccccc34)n2)cc1. The minimum Gasteiger partial charge on any atom is -0.232 e. The molecule has 56 heavy (non-hydrogen) atoms. The quantitative estimate of drug-likeness (QED) is 0.171. The zero-order valence-electron chi connectivity index (χ0n) is 30.0. The fourth-order valence-corrected chi connectivity index (χ4v) is 9.05. The summed E-state index contributed by atoms with van der Waals surface area (Å²) in [5, 5.41) is 11.3. The smallest absolute Gasteiger partial charge is 0.165 e. The predicted octanol–water partition coefficient (Wildman–Crippen LogP) is 13.1. The van der Waals surface area contributed by atoms with E-state index in [0.717, 1.165) is 61.1 Å². The number of nitrogens with zero attached hydrogens (tertiary/aromatic N) is 5. The van der Waals surface area contributed by atoms with Gasteiger partial charge in [0.15, 0.2) is 17.5 Å². The van der Waals surface area contributed by atoms with Crippen molar-refractivity contribution in [3.05, 3.63) is 188 Å². The van der Waals surface area contributed by atoms with Crippen molar-refractivity contribution >= 4 is 53.2 Å². The van der Waals surface area contributed by atoms with E-state index in [2.05, 4.69) is 156 Å². The summed E-state index contributed by atoms with van der Waals surface area (Å²) in [6.07, 6.45) is 0. The lowest BCUT2D eigenvalue weighted by Crippen LogP contribution is -2.00. The zero-order valence-corrected chi connectivity index (χ0v) is 30.9. The molecule has 0 saturated heterocycles. The lowest BCUT2D eigenvalue weighted by atomic mass is 9.93. The van der Waals surface area contributed by atoms with Crippen LogP contribution in [0.25, 0.3) is 104 Å². The molecule has 0 aliphatic carbocycles. The maximum atomic E-state index is 5.40. The first kappa shape index (κ1) is 32.2. The summed E-state index contributed by atoms with van der Waals surface area (Å²) in [6.45, 7) is 0. The molecule has 262 valence electrons. The van der Waals surface area contributed by atoms with E-state index in [1.54, 1.807) is 11.3 Å². The summed E-state index contributed by atoms with van der Waals surface area (Å²) in [4.78, 5) is 15.3.